The number of rotatable bonds is 6. The van der Waals surface area contributed by atoms with E-state index in [1.54, 1.807) is 10.8 Å². The predicted molar refractivity (Wildman–Crippen MR) is 152 cm³/mol. The number of likely N-dealkylation sites (N-methyl/N-ethyl adjacent to an activating group) is 1. The van der Waals surface area contributed by atoms with Gasteiger partial charge in [0.1, 0.15) is 5.82 Å². The number of hydrogen-bond donors (Lipinski definition) is 0. The van der Waals surface area contributed by atoms with Gasteiger partial charge in [0, 0.05) is 55.4 Å². The number of hydrogen-bond acceptors (Lipinski definition) is 6. The molecule has 0 N–H and O–H groups in total. The van der Waals surface area contributed by atoms with E-state index in [0.29, 0.717) is 35.2 Å². The van der Waals surface area contributed by atoms with Gasteiger partial charge in [0.2, 0.25) is 17.1 Å². The Labute approximate surface area is 240 Å². The molecule has 11 heteroatoms. The molecule has 0 spiro atoms. The molecular weight excluding hydrogens is 550 g/mol. The van der Waals surface area contributed by atoms with Gasteiger partial charge >= 0.3 is 6.18 Å². The van der Waals surface area contributed by atoms with Gasteiger partial charge in [0.25, 0.3) is 0 Å². The standard InChI is InChI=1S/C31H33F4N5O2/c1-19-13-23-27(16-26(19)39-11-9-38(2)10-12-39)40(17-21-7-8-22(15-25(21)32)31(33,34)35)18-24(29(23)41)30-36-28(42-37-30)14-20-5-3-4-6-20/h7-8,13,15-16,18,20H,3-6,9-12,14,17H2,1-2H3. The molecule has 4 aromatic rings. The number of fused-ring (bicyclic) bond motifs is 1. The van der Waals surface area contributed by atoms with Crippen molar-refractivity contribution >= 4 is 16.6 Å². The van der Waals surface area contributed by atoms with Crippen molar-refractivity contribution in [3.05, 3.63) is 75.2 Å². The van der Waals surface area contributed by atoms with E-state index >= 15 is 4.39 Å². The van der Waals surface area contributed by atoms with E-state index in [2.05, 4.69) is 27.0 Å². The van der Waals surface area contributed by atoms with E-state index in [-0.39, 0.29) is 28.9 Å². The summed E-state index contributed by atoms with van der Waals surface area (Å²) in [4.78, 5) is 22.9. The topological polar surface area (TPSA) is 67.4 Å². The number of anilines is 1. The van der Waals surface area contributed by atoms with Crippen LogP contribution in [0.25, 0.3) is 22.3 Å². The molecule has 1 aliphatic carbocycles. The molecule has 3 heterocycles. The van der Waals surface area contributed by atoms with Gasteiger partial charge in [0.15, 0.2) is 0 Å². The second-order valence-electron chi connectivity index (χ2n) is 11.6. The number of aryl methyl sites for hydroxylation is 1. The Morgan fingerprint density at radius 3 is 2.48 bits per heavy atom. The maximum atomic E-state index is 15.0. The van der Waals surface area contributed by atoms with E-state index < -0.39 is 17.6 Å². The normalized spacial score (nSPS) is 17.0. The molecule has 7 nitrogen and oxygen atoms in total. The summed E-state index contributed by atoms with van der Waals surface area (Å²) in [7, 11) is 2.07. The van der Waals surface area contributed by atoms with E-state index in [1.807, 2.05) is 19.1 Å². The average Bonchev–Trinajstić information content (AvgIpc) is 3.64. The maximum absolute atomic E-state index is 15.0. The summed E-state index contributed by atoms with van der Waals surface area (Å²) in [5.74, 6) is 0.128. The molecule has 0 amide bonds. The van der Waals surface area contributed by atoms with Crippen molar-refractivity contribution in [3.8, 4) is 11.4 Å². The Hall–Kier alpha value is -3.73. The summed E-state index contributed by atoms with van der Waals surface area (Å²) in [6.45, 7) is 5.26. The van der Waals surface area contributed by atoms with Crippen molar-refractivity contribution in [3.63, 3.8) is 0 Å². The first-order valence-electron chi connectivity index (χ1n) is 14.4. The van der Waals surface area contributed by atoms with E-state index in [0.717, 1.165) is 62.4 Å². The van der Waals surface area contributed by atoms with Crippen molar-refractivity contribution in [1.82, 2.24) is 19.6 Å². The van der Waals surface area contributed by atoms with Crippen LogP contribution in [-0.4, -0.2) is 52.8 Å². The average molecular weight is 584 g/mol. The van der Waals surface area contributed by atoms with Gasteiger partial charge in [-0.15, -0.1) is 0 Å². The molecule has 1 aliphatic heterocycles. The Kier molecular flexibility index (Phi) is 7.55. The van der Waals surface area contributed by atoms with Crippen LogP contribution in [0.15, 0.2) is 45.8 Å². The molecule has 222 valence electrons. The van der Waals surface area contributed by atoms with Gasteiger partial charge in [-0.1, -0.05) is 24.1 Å². The lowest BCUT2D eigenvalue weighted by atomic mass is 10.0. The van der Waals surface area contributed by atoms with Gasteiger partial charge in [-0.25, -0.2) is 4.39 Å². The highest BCUT2D eigenvalue weighted by atomic mass is 19.4. The quantitative estimate of drug-likeness (QED) is 0.258. The first-order chi connectivity index (χ1) is 20.1. The van der Waals surface area contributed by atoms with Gasteiger partial charge in [-0.3, -0.25) is 4.79 Å². The summed E-state index contributed by atoms with van der Waals surface area (Å²) < 4.78 is 61.8. The molecule has 2 aromatic heterocycles. The van der Waals surface area contributed by atoms with Crippen molar-refractivity contribution in [2.45, 2.75) is 51.7 Å². The van der Waals surface area contributed by atoms with Crippen LogP contribution in [0.3, 0.4) is 0 Å². The third-order valence-electron chi connectivity index (χ3n) is 8.61. The van der Waals surface area contributed by atoms with Crippen LogP contribution in [0.5, 0.6) is 0 Å². The number of alkyl halides is 3. The molecule has 2 fully saturated rings. The minimum Gasteiger partial charge on any atom is -0.369 e. The van der Waals surface area contributed by atoms with Crippen LogP contribution in [-0.2, 0) is 19.1 Å². The SMILES string of the molecule is Cc1cc2c(=O)c(-c3noc(CC4CCCC4)n3)cn(Cc3ccc(C(F)(F)F)cc3F)c2cc1N1CCN(C)CC1. The van der Waals surface area contributed by atoms with Gasteiger partial charge in [0.05, 0.1) is 23.2 Å². The second-order valence-corrected chi connectivity index (χ2v) is 11.6. The number of halogens is 4. The number of benzene rings is 2. The number of aromatic nitrogens is 3. The fourth-order valence-corrected chi connectivity index (χ4v) is 6.16. The molecule has 2 aromatic carbocycles. The molecule has 0 unspecified atom stereocenters. The Morgan fingerprint density at radius 1 is 1.05 bits per heavy atom. The molecule has 2 aliphatic rings. The largest absolute Gasteiger partial charge is 0.416 e. The monoisotopic (exact) mass is 583 g/mol. The Morgan fingerprint density at radius 2 is 1.79 bits per heavy atom. The second kappa shape index (κ2) is 11.2. The molecule has 1 saturated heterocycles. The number of piperazine rings is 1. The third-order valence-corrected chi connectivity index (χ3v) is 8.61. The van der Waals surface area contributed by atoms with Crippen molar-refractivity contribution in [1.29, 1.82) is 0 Å². The van der Waals surface area contributed by atoms with Crippen LogP contribution < -0.4 is 10.3 Å². The first-order valence-corrected chi connectivity index (χ1v) is 14.4. The minimum atomic E-state index is -4.65. The first kappa shape index (κ1) is 28.4. The van der Waals surface area contributed by atoms with E-state index in [4.69, 9.17) is 4.52 Å². The zero-order chi connectivity index (χ0) is 29.6. The smallest absolute Gasteiger partial charge is 0.369 e. The summed E-state index contributed by atoms with van der Waals surface area (Å²) in [6.07, 6.45) is 2.13. The van der Waals surface area contributed by atoms with Crippen molar-refractivity contribution < 1.29 is 22.1 Å². The van der Waals surface area contributed by atoms with Crippen molar-refractivity contribution in [2.24, 2.45) is 5.92 Å². The van der Waals surface area contributed by atoms with Crippen LogP contribution in [0.1, 0.15) is 48.3 Å². The zero-order valence-electron chi connectivity index (χ0n) is 23.7. The highest BCUT2D eigenvalue weighted by Gasteiger charge is 2.31. The molecule has 6 rings (SSSR count). The minimum absolute atomic E-state index is 0.0654. The summed E-state index contributed by atoms with van der Waals surface area (Å²) in [5.41, 5.74) is 1.36. The Balaban J connectivity index is 1.45. The highest BCUT2D eigenvalue weighted by molar-refractivity contribution is 5.87. The number of pyridine rings is 1. The lowest BCUT2D eigenvalue weighted by molar-refractivity contribution is -0.137. The van der Waals surface area contributed by atoms with Crippen molar-refractivity contribution in [2.75, 3.05) is 38.1 Å². The zero-order valence-corrected chi connectivity index (χ0v) is 23.7. The van der Waals surface area contributed by atoms with Gasteiger partial charge < -0.3 is 18.9 Å². The predicted octanol–water partition coefficient (Wildman–Crippen LogP) is 6.05. The fraction of sp³-hybridized carbons (Fsp3) is 0.452. The number of nitrogens with zero attached hydrogens (tertiary/aromatic N) is 5. The van der Waals surface area contributed by atoms with Crippen LogP contribution >= 0.6 is 0 Å². The summed E-state index contributed by atoms with van der Waals surface area (Å²) >= 11 is 0. The molecule has 0 bridgehead atoms. The summed E-state index contributed by atoms with van der Waals surface area (Å²) in [5, 5.41) is 4.51. The van der Waals surface area contributed by atoms with Crippen LogP contribution in [0, 0.1) is 18.7 Å². The summed E-state index contributed by atoms with van der Waals surface area (Å²) in [6, 6.07) is 6.28. The van der Waals surface area contributed by atoms with Gasteiger partial charge in [-0.05, 0) is 62.6 Å². The molecule has 0 atom stereocenters. The molecule has 1 saturated carbocycles. The lowest BCUT2D eigenvalue weighted by Gasteiger charge is -2.35. The Bertz CT molecular complexity index is 1660. The van der Waals surface area contributed by atoms with E-state index in [1.165, 1.54) is 12.8 Å². The van der Waals surface area contributed by atoms with Crippen LogP contribution in [0.2, 0.25) is 0 Å². The molecule has 0 radical (unpaired) electrons. The highest BCUT2D eigenvalue weighted by Crippen LogP contribution is 2.32. The third kappa shape index (κ3) is 5.66. The molecular formula is C31H33F4N5O2. The molecule has 42 heavy (non-hydrogen) atoms. The van der Waals surface area contributed by atoms with Crippen LogP contribution in [0.4, 0.5) is 23.2 Å². The van der Waals surface area contributed by atoms with Gasteiger partial charge in [-0.2, -0.15) is 18.2 Å². The fourth-order valence-electron chi connectivity index (χ4n) is 6.16. The maximum Gasteiger partial charge on any atom is 0.416 e. The van der Waals surface area contributed by atoms with E-state index in [9.17, 15) is 18.0 Å². The lowest BCUT2D eigenvalue weighted by Crippen LogP contribution is -2.44.